The van der Waals surface area contributed by atoms with Crippen molar-refractivity contribution in [2.45, 2.75) is 51.7 Å². The van der Waals surface area contributed by atoms with E-state index >= 15 is 0 Å². The Morgan fingerprint density at radius 3 is 2.63 bits per heavy atom. The zero-order chi connectivity index (χ0) is 21.3. The number of piperidine rings is 1. The first-order chi connectivity index (χ1) is 14.5. The highest BCUT2D eigenvalue weighted by atomic mass is 32.1. The normalized spacial score (nSPS) is 16.9. The number of nitrogens with zero attached hydrogens (tertiary/aromatic N) is 3. The van der Waals surface area contributed by atoms with Crippen LogP contribution in [0.15, 0.2) is 45.3 Å². The highest BCUT2D eigenvalue weighted by molar-refractivity contribution is 7.17. The summed E-state index contributed by atoms with van der Waals surface area (Å²) in [6.45, 7) is 2.71. The van der Waals surface area contributed by atoms with Gasteiger partial charge in [-0.15, -0.1) is 11.3 Å². The van der Waals surface area contributed by atoms with Gasteiger partial charge in [0.05, 0.1) is 12.1 Å². The number of aromatic nitrogens is 2. The molecule has 3 aromatic rings. The number of thiophene rings is 1. The van der Waals surface area contributed by atoms with Gasteiger partial charge in [0.1, 0.15) is 17.1 Å². The monoisotopic (exact) mass is 429 g/mol. The summed E-state index contributed by atoms with van der Waals surface area (Å²) in [5.41, 5.74) is 0.228. The van der Waals surface area contributed by atoms with Crippen molar-refractivity contribution in [3.05, 3.63) is 67.9 Å². The van der Waals surface area contributed by atoms with E-state index in [1.54, 1.807) is 23.6 Å². The molecule has 1 aromatic carbocycles. The molecular formula is C22H24FN3O3S. The first-order valence-corrected chi connectivity index (χ1v) is 11.1. The lowest BCUT2D eigenvalue weighted by atomic mass is 10.00. The topological polar surface area (TPSA) is 64.3 Å². The van der Waals surface area contributed by atoms with E-state index in [0.717, 1.165) is 30.3 Å². The molecule has 0 aliphatic carbocycles. The molecule has 30 heavy (non-hydrogen) atoms. The van der Waals surface area contributed by atoms with Crippen LogP contribution in [0.4, 0.5) is 4.39 Å². The summed E-state index contributed by atoms with van der Waals surface area (Å²) < 4.78 is 16.2. The summed E-state index contributed by atoms with van der Waals surface area (Å²) in [5, 5.41) is 1.75. The van der Waals surface area contributed by atoms with Crippen LogP contribution in [0, 0.1) is 5.82 Å². The highest BCUT2D eigenvalue weighted by Crippen LogP contribution is 2.21. The van der Waals surface area contributed by atoms with Gasteiger partial charge in [0, 0.05) is 12.6 Å². The third kappa shape index (κ3) is 3.84. The number of rotatable bonds is 5. The maximum atomic E-state index is 13.2. The fourth-order valence-corrected chi connectivity index (χ4v) is 5.02. The summed E-state index contributed by atoms with van der Waals surface area (Å²) in [6.07, 6.45) is 3.95. The van der Waals surface area contributed by atoms with Gasteiger partial charge in [0.2, 0.25) is 5.91 Å². The van der Waals surface area contributed by atoms with E-state index in [9.17, 15) is 18.8 Å². The minimum Gasteiger partial charge on any atom is -0.338 e. The number of carbonyl (C=O) groups excluding carboxylic acids is 1. The Labute approximate surface area is 177 Å². The van der Waals surface area contributed by atoms with Crippen LogP contribution in [0.3, 0.4) is 0 Å². The molecule has 6 nitrogen and oxygen atoms in total. The minimum absolute atomic E-state index is 0.0290. The van der Waals surface area contributed by atoms with Gasteiger partial charge in [-0.3, -0.25) is 18.7 Å². The predicted molar refractivity (Wildman–Crippen MR) is 115 cm³/mol. The van der Waals surface area contributed by atoms with Gasteiger partial charge in [-0.05, 0) is 54.8 Å². The Morgan fingerprint density at radius 2 is 1.90 bits per heavy atom. The molecule has 1 amide bonds. The summed E-state index contributed by atoms with van der Waals surface area (Å²) in [6, 6.07) is 7.61. The summed E-state index contributed by atoms with van der Waals surface area (Å²) in [4.78, 5) is 41.1. The molecule has 0 saturated carbocycles. The molecule has 8 heteroatoms. The van der Waals surface area contributed by atoms with Crippen LogP contribution in [0.5, 0.6) is 0 Å². The van der Waals surface area contributed by atoms with Crippen molar-refractivity contribution in [2.24, 2.45) is 0 Å². The molecule has 0 radical (unpaired) electrons. The van der Waals surface area contributed by atoms with E-state index in [-0.39, 0.29) is 36.4 Å². The molecule has 1 aliphatic heterocycles. The summed E-state index contributed by atoms with van der Waals surface area (Å²) in [5.74, 6) is -0.474. The Morgan fingerprint density at radius 1 is 1.13 bits per heavy atom. The second kappa shape index (κ2) is 8.55. The summed E-state index contributed by atoms with van der Waals surface area (Å²) in [7, 11) is 0. The van der Waals surface area contributed by atoms with Crippen LogP contribution in [0.25, 0.3) is 10.2 Å². The fraction of sp³-hybridized carbons (Fsp3) is 0.409. The maximum Gasteiger partial charge on any atom is 0.332 e. The van der Waals surface area contributed by atoms with Gasteiger partial charge in [-0.25, -0.2) is 9.18 Å². The molecule has 0 N–H and O–H groups in total. The zero-order valence-electron chi connectivity index (χ0n) is 16.8. The molecular weight excluding hydrogens is 405 g/mol. The Balaban J connectivity index is 1.73. The van der Waals surface area contributed by atoms with Crippen LogP contribution in [0.1, 0.15) is 38.2 Å². The van der Waals surface area contributed by atoms with Crippen molar-refractivity contribution in [3.8, 4) is 0 Å². The molecule has 1 atom stereocenters. The van der Waals surface area contributed by atoms with E-state index in [2.05, 4.69) is 6.92 Å². The number of likely N-dealkylation sites (tertiary alicyclic amines) is 1. The third-order valence-corrected chi connectivity index (χ3v) is 6.69. The number of hydrogen-bond acceptors (Lipinski definition) is 4. The maximum absolute atomic E-state index is 13.2. The molecule has 1 fully saturated rings. The van der Waals surface area contributed by atoms with Crippen LogP contribution < -0.4 is 11.2 Å². The van der Waals surface area contributed by atoms with Crippen LogP contribution in [-0.4, -0.2) is 32.5 Å². The fourth-order valence-electron chi connectivity index (χ4n) is 4.18. The molecule has 0 spiro atoms. The first kappa shape index (κ1) is 20.5. The third-order valence-electron chi connectivity index (χ3n) is 5.80. The second-order valence-electron chi connectivity index (χ2n) is 7.67. The largest absolute Gasteiger partial charge is 0.338 e. The van der Waals surface area contributed by atoms with Crippen molar-refractivity contribution in [1.29, 1.82) is 0 Å². The van der Waals surface area contributed by atoms with Crippen molar-refractivity contribution in [2.75, 3.05) is 6.54 Å². The van der Waals surface area contributed by atoms with Gasteiger partial charge >= 0.3 is 5.69 Å². The van der Waals surface area contributed by atoms with Gasteiger partial charge in [0.25, 0.3) is 5.56 Å². The van der Waals surface area contributed by atoms with Gasteiger partial charge < -0.3 is 4.90 Å². The van der Waals surface area contributed by atoms with E-state index in [1.807, 2.05) is 4.90 Å². The first-order valence-electron chi connectivity index (χ1n) is 10.2. The van der Waals surface area contributed by atoms with Crippen LogP contribution in [-0.2, 0) is 17.9 Å². The average molecular weight is 430 g/mol. The van der Waals surface area contributed by atoms with E-state index in [4.69, 9.17) is 0 Å². The molecule has 158 valence electrons. The Kier molecular flexibility index (Phi) is 5.85. The number of fused-ring (bicyclic) bond motifs is 1. The van der Waals surface area contributed by atoms with Crippen molar-refractivity contribution < 1.29 is 9.18 Å². The number of benzene rings is 1. The Bertz CT molecular complexity index is 1180. The number of halogens is 1. The quantitative estimate of drug-likeness (QED) is 0.626. The van der Waals surface area contributed by atoms with Crippen LogP contribution in [0.2, 0.25) is 0 Å². The van der Waals surface area contributed by atoms with Crippen molar-refractivity contribution in [1.82, 2.24) is 14.0 Å². The number of hydrogen-bond donors (Lipinski definition) is 0. The lowest BCUT2D eigenvalue weighted by molar-refractivity contribution is -0.135. The lowest BCUT2D eigenvalue weighted by Gasteiger charge is -2.35. The predicted octanol–water partition coefficient (Wildman–Crippen LogP) is 3.20. The molecule has 4 rings (SSSR count). The van der Waals surface area contributed by atoms with Gasteiger partial charge in [-0.1, -0.05) is 19.1 Å². The van der Waals surface area contributed by atoms with Gasteiger partial charge in [0.15, 0.2) is 0 Å². The number of amides is 1. The second-order valence-corrected chi connectivity index (χ2v) is 8.58. The molecule has 0 bridgehead atoms. The highest BCUT2D eigenvalue weighted by Gasteiger charge is 2.26. The molecule has 3 heterocycles. The van der Waals surface area contributed by atoms with E-state index in [0.29, 0.717) is 22.3 Å². The lowest BCUT2D eigenvalue weighted by Crippen LogP contribution is -2.47. The van der Waals surface area contributed by atoms with Crippen molar-refractivity contribution in [3.63, 3.8) is 0 Å². The zero-order valence-corrected chi connectivity index (χ0v) is 17.7. The number of carbonyl (C=O) groups is 1. The minimum atomic E-state index is -0.520. The van der Waals surface area contributed by atoms with Gasteiger partial charge in [-0.2, -0.15) is 0 Å². The van der Waals surface area contributed by atoms with Crippen LogP contribution >= 0.6 is 11.3 Å². The Hall–Kier alpha value is -2.74. The standard InChI is InChI=1S/C22H24FN3O3S/c1-2-17-5-3-4-11-24(17)19(27)14-25-18-10-12-30-20(18)21(28)26(22(25)29)13-15-6-8-16(23)9-7-15/h6-10,12,17H,2-5,11,13-14H2,1H3/t17-/m0/s1. The van der Waals surface area contributed by atoms with E-state index in [1.165, 1.54) is 28.0 Å². The molecule has 1 aliphatic rings. The smallest absolute Gasteiger partial charge is 0.332 e. The summed E-state index contributed by atoms with van der Waals surface area (Å²) >= 11 is 1.25. The van der Waals surface area contributed by atoms with Crippen molar-refractivity contribution >= 4 is 27.5 Å². The average Bonchev–Trinajstić information content (AvgIpc) is 3.25. The molecule has 2 aromatic heterocycles. The SMILES string of the molecule is CC[C@H]1CCCCN1C(=O)Cn1c(=O)n(Cc2ccc(F)cc2)c(=O)c2sccc21. The molecule has 1 saturated heterocycles. The molecule has 0 unspecified atom stereocenters. The van der Waals surface area contributed by atoms with E-state index < -0.39 is 5.69 Å².